The molecule has 0 aliphatic heterocycles. The summed E-state index contributed by atoms with van der Waals surface area (Å²) in [5.41, 5.74) is 1.75. The first-order valence-corrected chi connectivity index (χ1v) is 10.6. The fourth-order valence-electron chi connectivity index (χ4n) is 3.57. The molecular weight excluding hydrogens is 376 g/mol. The molecule has 0 spiro atoms. The third-order valence-electron chi connectivity index (χ3n) is 5.32. The van der Waals surface area contributed by atoms with E-state index in [1.165, 1.54) is 0 Å². The molecule has 1 saturated carbocycles. The minimum Gasteiger partial charge on any atom is -0.497 e. The Morgan fingerprint density at radius 2 is 1.87 bits per heavy atom. The van der Waals surface area contributed by atoms with Gasteiger partial charge in [-0.3, -0.25) is 4.79 Å². The van der Waals surface area contributed by atoms with Gasteiger partial charge in [-0.15, -0.1) is 0 Å². The van der Waals surface area contributed by atoms with Crippen LogP contribution in [0.4, 0.5) is 11.5 Å². The number of carbonyl (C=O) groups excluding carboxylic acids is 1. The van der Waals surface area contributed by atoms with Crippen molar-refractivity contribution in [3.63, 3.8) is 0 Å². The molecular formula is C24H28N4O2. The highest BCUT2D eigenvalue weighted by molar-refractivity contribution is 5.92. The number of rotatable bonds is 9. The first-order valence-electron chi connectivity index (χ1n) is 10.6. The Hall–Kier alpha value is -3.15. The van der Waals surface area contributed by atoms with Gasteiger partial charge in [0.2, 0.25) is 5.91 Å². The highest BCUT2D eigenvalue weighted by Gasteiger charge is 2.28. The van der Waals surface area contributed by atoms with Crippen LogP contribution in [-0.4, -0.2) is 36.1 Å². The van der Waals surface area contributed by atoms with Crippen LogP contribution in [0.1, 0.15) is 44.3 Å². The first-order chi connectivity index (χ1) is 14.7. The molecule has 0 unspecified atom stereocenters. The fourth-order valence-corrected chi connectivity index (χ4v) is 3.57. The van der Waals surface area contributed by atoms with E-state index in [2.05, 4.69) is 23.2 Å². The quantitative estimate of drug-likeness (QED) is 0.557. The lowest BCUT2D eigenvalue weighted by Gasteiger charge is -2.25. The SMILES string of the molecule is CCCN(CCC(=O)Nc1ccc(OC)cc1)c1nc(C2CC2)nc2ccccc12. The normalized spacial score (nSPS) is 13.3. The molecule has 2 aromatic carbocycles. The van der Waals surface area contributed by atoms with Gasteiger partial charge in [0, 0.05) is 36.5 Å². The van der Waals surface area contributed by atoms with Crippen LogP contribution < -0.4 is 15.0 Å². The lowest BCUT2D eigenvalue weighted by Crippen LogP contribution is -2.30. The second-order valence-corrected chi connectivity index (χ2v) is 7.71. The highest BCUT2D eigenvalue weighted by Crippen LogP contribution is 2.39. The third kappa shape index (κ3) is 4.70. The monoisotopic (exact) mass is 404 g/mol. The number of carbonyl (C=O) groups is 1. The minimum atomic E-state index is -0.0120. The molecule has 4 rings (SSSR count). The van der Waals surface area contributed by atoms with Gasteiger partial charge in [-0.25, -0.2) is 9.97 Å². The van der Waals surface area contributed by atoms with Gasteiger partial charge in [-0.2, -0.15) is 0 Å². The van der Waals surface area contributed by atoms with Crippen LogP contribution in [0.3, 0.4) is 0 Å². The van der Waals surface area contributed by atoms with E-state index in [9.17, 15) is 4.79 Å². The van der Waals surface area contributed by atoms with Gasteiger partial charge in [0.1, 0.15) is 17.4 Å². The Balaban J connectivity index is 1.50. The zero-order valence-electron chi connectivity index (χ0n) is 17.6. The van der Waals surface area contributed by atoms with Crippen LogP contribution in [0.15, 0.2) is 48.5 Å². The van der Waals surface area contributed by atoms with E-state index < -0.39 is 0 Å². The minimum absolute atomic E-state index is 0.0120. The van der Waals surface area contributed by atoms with E-state index in [0.717, 1.165) is 59.8 Å². The van der Waals surface area contributed by atoms with Crippen molar-refractivity contribution < 1.29 is 9.53 Å². The average Bonchev–Trinajstić information content (AvgIpc) is 3.62. The Bertz CT molecular complexity index is 1020. The van der Waals surface area contributed by atoms with Crippen molar-refractivity contribution in [1.29, 1.82) is 0 Å². The van der Waals surface area contributed by atoms with E-state index in [-0.39, 0.29) is 5.91 Å². The molecule has 1 N–H and O–H groups in total. The number of nitrogens with one attached hydrogen (secondary N) is 1. The van der Waals surface area contributed by atoms with Crippen molar-refractivity contribution in [2.75, 3.05) is 30.4 Å². The molecule has 0 bridgehead atoms. The van der Waals surface area contributed by atoms with Crippen molar-refractivity contribution >= 4 is 28.3 Å². The second kappa shape index (κ2) is 9.11. The molecule has 6 nitrogen and oxygen atoms in total. The lowest BCUT2D eigenvalue weighted by atomic mass is 10.2. The summed E-state index contributed by atoms with van der Waals surface area (Å²) in [6, 6.07) is 15.5. The summed E-state index contributed by atoms with van der Waals surface area (Å²) in [6.07, 6.45) is 3.70. The maximum Gasteiger partial charge on any atom is 0.226 e. The number of ether oxygens (including phenoxy) is 1. The number of hydrogen-bond donors (Lipinski definition) is 1. The van der Waals surface area contributed by atoms with Crippen molar-refractivity contribution in [1.82, 2.24) is 9.97 Å². The Kier molecular flexibility index (Phi) is 6.12. The molecule has 1 fully saturated rings. The Morgan fingerprint density at radius 1 is 1.10 bits per heavy atom. The van der Waals surface area contributed by atoms with Gasteiger partial charge in [-0.1, -0.05) is 19.1 Å². The van der Waals surface area contributed by atoms with Crippen molar-refractivity contribution in [3.05, 3.63) is 54.4 Å². The molecule has 3 aromatic rings. The van der Waals surface area contributed by atoms with Gasteiger partial charge < -0.3 is 15.0 Å². The summed E-state index contributed by atoms with van der Waals surface area (Å²) >= 11 is 0. The van der Waals surface area contributed by atoms with Crippen LogP contribution in [-0.2, 0) is 4.79 Å². The number of aromatic nitrogens is 2. The number of nitrogens with zero attached hydrogens (tertiary/aromatic N) is 3. The van der Waals surface area contributed by atoms with Crippen molar-refractivity contribution in [2.45, 2.75) is 38.5 Å². The van der Waals surface area contributed by atoms with Crippen LogP contribution in [0, 0.1) is 0 Å². The van der Waals surface area contributed by atoms with Gasteiger partial charge in [0.05, 0.1) is 12.6 Å². The average molecular weight is 405 g/mol. The van der Waals surface area contributed by atoms with Crippen LogP contribution in [0.2, 0.25) is 0 Å². The smallest absolute Gasteiger partial charge is 0.226 e. The number of amides is 1. The summed E-state index contributed by atoms with van der Waals surface area (Å²) < 4.78 is 5.16. The predicted octanol–water partition coefficient (Wildman–Crippen LogP) is 4.76. The second-order valence-electron chi connectivity index (χ2n) is 7.71. The molecule has 1 aliphatic carbocycles. The summed E-state index contributed by atoms with van der Waals surface area (Å²) in [7, 11) is 1.63. The predicted molar refractivity (Wildman–Crippen MR) is 120 cm³/mol. The molecule has 1 aliphatic rings. The number of hydrogen-bond acceptors (Lipinski definition) is 5. The van der Waals surface area contributed by atoms with E-state index in [1.54, 1.807) is 7.11 Å². The molecule has 1 aromatic heterocycles. The summed E-state index contributed by atoms with van der Waals surface area (Å²) in [5.74, 6) is 3.12. The van der Waals surface area contributed by atoms with E-state index in [4.69, 9.17) is 14.7 Å². The standard InChI is InChI=1S/C24H28N4O2/c1-3-15-28(16-14-22(29)25-18-10-12-19(30-2)13-11-18)24-20-6-4-5-7-21(20)26-23(27-24)17-8-9-17/h4-7,10-13,17H,3,8-9,14-16H2,1-2H3,(H,25,29). The molecule has 30 heavy (non-hydrogen) atoms. The zero-order chi connectivity index (χ0) is 20.9. The highest BCUT2D eigenvalue weighted by atomic mass is 16.5. The van der Waals surface area contributed by atoms with Gasteiger partial charge in [0.25, 0.3) is 0 Å². The number of para-hydroxylation sites is 1. The number of methoxy groups -OCH3 is 1. The van der Waals surface area contributed by atoms with Gasteiger partial charge in [-0.05, 0) is 55.7 Å². The summed E-state index contributed by atoms with van der Waals surface area (Å²) in [4.78, 5) is 24.5. The van der Waals surface area contributed by atoms with Crippen LogP contribution >= 0.6 is 0 Å². The van der Waals surface area contributed by atoms with Gasteiger partial charge in [0.15, 0.2) is 0 Å². The van der Waals surface area contributed by atoms with Crippen LogP contribution in [0.25, 0.3) is 10.9 Å². The topological polar surface area (TPSA) is 67.4 Å². The molecule has 0 saturated heterocycles. The van der Waals surface area contributed by atoms with Crippen molar-refractivity contribution in [3.8, 4) is 5.75 Å². The van der Waals surface area contributed by atoms with E-state index >= 15 is 0 Å². The van der Waals surface area contributed by atoms with Crippen molar-refractivity contribution in [2.24, 2.45) is 0 Å². The maximum absolute atomic E-state index is 12.6. The largest absolute Gasteiger partial charge is 0.497 e. The molecule has 0 radical (unpaired) electrons. The molecule has 1 heterocycles. The summed E-state index contributed by atoms with van der Waals surface area (Å²) in [5, 5.41) is 4.01. The molecule has 1 amide bonds. The molecule has 6 heteroatoms. The van der Waals surface area contributed by atoms with E-state index in [1.807, 2.05) is 42.5 Å². The Morgan fingerprint density at radius 3 is 2.57 bits per heavy atom. The summed E-state index contributed by atoms with van der Waals surface area (Å²) in [6.45, 7) is 3.61. The van der Waals surface area contributed by atoms with Gasteiger partial charge >= 0.3 is 0 Å². The van der Waals surface area contributed by atoms with E-state index in [0.29, 0.717) is 18.9 Å². The zero-order valence-corrected chi connectivity index (χ0v) is 17.6. The fraction of sp³-hybridized carbons (Fsp3) is 0.375. The lowest BCUT2D eigenvalue weighted by molar-refractivity contribution is -0.116. The maximum atomic E-state index is 12.6. The Labute approximate surface area is 177 Å². The number of fused-ring (bicyclic) bond motifs is 1. The molecule has 156 valence electrons. The number of benzene rings is 2. The number of anilines is 2. The van der Waals surface area contributed by atoms with Crippen LogP contribution in [0.5, 0.6) is 5.75 Å². The third-order valence-corrected chi connectivity index (χ3v) is 5.32. The molecule has 0 atom stereocenters. The first kappa shape index (κ1) is 20.1.